The summed E-state index contributed by atoms with van der Waals surface area (Å²) in [6, 6.07) is 13.3. The summed E-state index contributed by atoms with van der Waals surface area (Å²) < 4.78 is 14.6. The molecule has 8 nitrogen and oxygen atoms in total. The molecule has 1 aliphatic heterocycles. The van der Waals surface area contributed by atoms with E-state index in [1.165, 1.54) is 7.05 Å². The third-order valence-electron chi connectivity index (χ3n) is 6.35. The Labute approximate surface area is 195 Å². The van der Waals surface area contributed by atoms with Crippen LogP contribution in [0.25, 0.3) is 21.8 Å². The molecule has 2 aromatic heterocycles. The Morgan fingerprint density at radius 3 is 2.53 bits per heavy atom. The van der Waals surface area contributed by atoms with Crippen molar-refractivity contribution in [1.29, 1.82) is 0 Å². The number of hydrogen-bond acceptors (Lipinski definition) is 6. The van der Waals surface area contributed by atoms with Gasteiger partial charge in [0.05, 0.1) is 16.7 Å². The molecule has 5 rings (SSSR count). The number of rotatable bonds is 4. The van der Waals surface area contributed by atoms with Crippen LogP contribution in [0, 0.1) is 12.9 Å². The molecule has 2 aromatic carbocycles. The van der Waals surface area contributed by atoms with E-state index in [2.05, 4.69) is 31.2 Å². The lowest BCUT2D eigenvalue weighted by Crippen LogP contribution is -2.46. The number of nitrogens with one attached hydrogen (secondary N) is 2. The number of pyridine rings is 1. The van der Waals surface area contributed by atoms with Crippen molar-refractivity contribution in [2.45, 2.75) is 13.5 Å². The van der Waals surface area contributed by atoms with Gasteiger partial charge in [0.15, 0.2) is 0 Å². The number of carbonyl (C=O) groups is 1. The number of hydrogen-bond donors (Lipinski definition) is 2. The predicted octanol–water partition coefficient (Wildman–Crippen LogP) is 2.60. The van der Waals surface area contributed by atoms with Gasteiger partial charge < -0.3 is 15.2 Å². The molecular weight excluding hydrogens is 435 g/mol. The molecule has 1 fully saturated rings. The van der Waals surface area contributed by atoms with Gasteiger partial charge in [-0.1, -0.05) is 24.3 Å². The normalized spacial score (nSPS) is 14.6. The van der Waals surface area contributed by atoms with Crippen molar-refractivity contribution in [3.05, 3.63) is 75.7 Å². The molecule has 0 radical (unpaired) electrons. The average Bonchev–Trinajstić information content (AvgIpc) is 2.85. The molecule has 0 aliphatic carbocycles. The average molecular weight is 461 g/mol. The molecule has 0 bridgehead atoms. The van der Waals surface area contributed by atoms with Gasteiger partial charge in [0.25, 0.3) is 11.5 Å². The van der Waals surface area contributed by atoms with Gasteiger partial charge in [-0.3, -0.25) is 14.5 Å². The van der Waals surface area contributed by atoms with Crippen LogP contribution in [0.3, 0.4) is 0 Å². The highest BCUT2D eigenvalue weighted by atomic mass is 19.1. The van der Waals surface area contributed by atoms with Crippen LogP contribution in [0.5, 0.6) is 0 Å². The number of halogens is 1. The monoisotopic (exact) mass is 460 g/mol. The molecule has 3 heterocycles. The number of aryl methyl sites for hydroxylation is 1. The van der Waals surface area contributed by atoms with Crippen LogP contribution < -0.4 is 15.8 Å². The van der Waals surface area contributed by atoms with E-state index in [-0.39, 0.29) is 11.3 Å². The highest BCUT2D eigenvalue weighted by Gasteiger charge is 2.22. The Morgan fingerprint density at radius 2 is 1.82 bits per heavy atom. The van der Waals surface area contributed by atoms with E-state index < -0.39 is 11.9 Å². The molecule has 2 N–H and O–H groups in total. The number of amides is 1. The minimum absolute atomic E-state index is 0.0632. The van der Waals surface area contributed by atoms with Crippen LogP contribution in [0.1, 0.15) is 21.7 Å². The van der Waals surface area contributed by atoms with Crippen molar-refractivity contribution in [3.63, 3.8) is 0 Å². The number of nitrogens with zero attached hydrogens (tertiary/aromatic N) is 4. The lowest BCUT2D eigenvalue weighted by atomic mass is 10.0. The smallest absolute Gasteiger partial charge is 0.269 e. The van der Waals surface area contributed by atoms with Crippen molar-refractivity contribution in [2.75, 3.05) is 38.1 Å². The summed E-state index contributed by atoms with van der Waals surface area (Å²) in [5.74, 6) is -1.05. The fourth-order valence-corrected chi connectivity index (χ4v) is 4.52. The van der Waals surface area contributed by atoms with Crippen LogP contribution in [0.4, 0.5) is 10.1 Å². The number of carbonyl (C=O) groups excluding carboxylic acids is 1. The summed E-state index contributed by atoms with van der Waals surface area (Å²) in [4.78, 5) is 39.4. The van der Waals surface area contributed by atoms with Gasteiger partial charge in [0.2, 0.25) is 5.95 Å². The SMILES string of the molecule is CNC(=O)c1ccc(N2CCN(Cc3cc4[nH]c(=O)c(C)nc4c4ccccc34)CC2)c(F)n1. The van der Waals surface area contributed by atoms with Crippen LogP contribution in [-0.2, 0) is 6.54 Å². The van der Waals surface area contributed by atoms with Crippen molar-refractivity contribution in [2.24, 2.45) is 0 Å². The standard InChI is InChI=1S/C25H25FN6O2/c1-15-24(33)30-20-13-16(17-5-3-4-6-18(17)22(20)28-15)14-31-9-11-32(12-10-31)21-8-7-19(25(34)27-2)29-23(21)26/h3-8,13H,9-12,14H2,1-2H3,(H,27,34)(H,30,33). The largest absolute Gasteiger partial charge is 0.365 e. The van der Waals surface area contributed by atoms with E-state index in [1.54, 1.807) is 19.1 Å². The van der Waals surface area contributed by atoms with Crippen molar-refractivity contribution in [1.82, 2.24) is 25.2 Å². The Bertz CT molecular complexity index is 1460. The molecule has 1 amide bonds. The Hall–Kier alpha value is -3.85. The van der Waals surface area contributed by atoms with E-state index in [4.69, 9.17) is 0 Å². The first-order valence-electron chi connectivity index (χ1n) is 11.2. The summed E-state index contributed by atoms with van der Waals surface area (Å²) in [6.45, 7) is 5.18. The van der Waals surface area contributed by atoms with Gasteiger partial charge in [-0.05, 0) is 36.1 Å². The minimum Gasteiger partial charge on any atom is -0.365 e. The van der Waals surface area contributed by atoms with E-state index in [0.29, 0.717) is 31.0 Å². The van der Waals surface area contributed by atoms with Gasteiger partial charge in [-0.15, -0.1) is 0 Å². The first kappa shape index (κ1) is 22.0. The first-order valence-corrected chi connectivity index (χ1v) is 11.2. The summed E-state index contributed by atoms with van der Waals surface area (Å²) in [7, 11) is 1.49. The van der Waals surface area contributed by atoms with Crippen LogP contribution in [0.2, 0.25) is 0 Å². The van der Waals surface area contributed by atoms with E-state index in [9.17, 15) is 14.0 Å². The zero-order chi connectivity index (χ0) is 23.8. The molecule has 9 heteroatoms. The van der Waals surface area contributed by atoms with Gasteiger partial charge >= 0.3 is 0 Å². The molecule has 0 unspecified atom stereocenters. The summed E-state index contributed by atoms with van der Waals surface area (Å²) in [5, 5.41) is 4.57. The highest BCUT2D eigenvalue weighted by Crippen LogP contribution is 2.28. The number of benzene rings is 2. The molecule has 34 heavy (non-hydrogen) atoms. The van der Waals surface area contributed by atoms with Crippen LogP contribution >= 0.6 is 0 Å². The third-order valence-corrected chi connectivity index (χ3v) is 6.35. The molecule has 1 saturated heterocycles. The number of fused-ring (bicyclic) bond motifs is 3. The van der Waals surface area contributed by atoms with Crippen molar-refractivity contribution in [3.8, 4) is 0 Å². The number of H-pyrrole nitrogens is 1. The zero-order valence-corrected chi connectivity index (χ0v) is 19.1. The molecule has 174 valence electrons. The third kappa shape index (κ3) is 3.99. The number of aromatic nitrogens is 3. The summed E-state index contributed by atoms with van der Waals surface area (Å²) >= 11 is 0. The van der Waals surface area contributed by atoms with Gasteiger partial charge in [-0.25, -0.2) is 9.97 Å². The maximum Gasteiger partial charge on any atom is 0.269 e. The molecule has 0 atom stereocenters. The first-order chi connectivity index (χ1) is 16.4. The number of aromatic amines is 1. The van der Waals surface area contributed by atoms with E-state index >= 15 is 0 Å². The lowest BCUT2D eigenvalue weighted by molar-refractivity contribution is 0.0957. The second-order valence-corrected chi connectivity index (χ2v) is 8.48. The molecule has 0 spiro atoms. The maximum absolute atomic E-state index is 14.6. The second-order valence-electron chi connectivity index (χ2n) is 8.48. The van der Waals surface area contributed by atoms with Gasteiger partial charge in [0.1, 0.15) is 11.4 Å². The van der Waals surface area contributed by atoms with Crippen LogP contribution in [0.15, 0.2) is 47.3 Å². The second kappa shape index (κ2) is 8.83. The fourth-order valence-electron chi connectivity index (χ4n) is 4.52. The minimum atomic E-state index is -0.637. The molecule has 4 aromatic rings. The Balaban J connectivity index is 1.37. The zero-order valence-electron chi connectivity index (χ0n) is 19.1. The quantitative estimate of drug-likeness (QED) is 0.359. The lowest BCUT2D eigenvalue weighted by Gasteiger charge is -2.36. The fraction of sp³-hybridized carbons (Fsp3) is 0.280. The summed E-state index contributed by atoms with van der Waals surface area (Å²) in [6.07, 6.45) is 0. The van der Waals surface area contributed by atoms with E-state index in [0.717, 1.165) is 40.5 Å². The predicted molar refractivity (Wildman–Crippen MR) is 130 cm³/mol. The van der Waals surface area contributed by atoms with Crippen LogP contribution in [-0.4, -0.2) is 59.0 Å². The topological polar surface area (TPSA) is 94.2 Å². The molecule has 1 aliphatic rings. The maximum atomic E-state index is 14.6. The van der Waals surface area contributed by atoms with Crippen molar-refractivity contribution >= 4 is 33.4 Å². The Kier molecular flexibility index (Phi) is 5.70. The highest BCUT2D eigenvalue weighted by molar-refractivity contribution is 6.05. The molecular formula is C25H25FN6O2. The Morgan fingerprint density at radius 1 is 1.09 bits per heavy atom. The summed E-state index contributed by atoms with van der Waals surface area (Å²) in [5.41, 5.74) is 3.38. The van der Waals surface area contributed by atoms with E-state index in [1.807, 2.05) is 29.2 Å². The number of anilines is 1. The number of piperazine rings is 1. The van der Waals surface area contributed by atoms with Gasteiger partial charge in [-0.2, -0.15) is 4.39 Å². The van der Waals surface area contributed by atoms with Gasteiger partial charge in [0, 0.05) is 45.2 Å². The van der Waals surface area contributed by atoms with Crippen molar-refractivity contribution < 1.29 is 9.18 Å². The molecule has 0 saturated carbocycles.